The molecule has 0 aliphatic carbocycles. The van der Waals surface area contributed by atoms with Crippen molar-refractivity contribution in [2.45, 2.75) is 44.3 Å². The first-order chi connectivity index (χ1) is 11.6. The number of aliphatic imine (C=N–C) groups is 1. The molecule has 0 aliphatic heterocycles. The van der Waals surface area contributed by atoms with Crippen molar-refractivity contribution in [3.05, 3.63) is 41.7 Å². The summed E-state index contributed by atoms with van der Waals surface area (Å²) in [7, 11) is -4.52. The van der Waals surface area contributed by atoms with Crippen LogP contribution < -0.4 is 5.73 Å². The number of aliphatic hydroxyl groups excluding tert-OH is 1. The fraction of sp³-hybridized carbons (Fsp3) is 0.412. The molecule has 0 aliphatic rings. The summed E-state index contributed by atoms with van der Waals surface area (Å²) in [5.74, 6) is -3.97. The Balaban J connectivity index is 3.31. The average molecular weight is 388 g/mol. The zero-order valence-corrected chi connectivity index (χ0v) is 16.0. The molecule has 6 nitrogen and oxygen atoms in total. The molecule has 0 saturated heterocycles. The van der Waals surface area contributed by atoms with Crippen LogP contribution in [0.1, 0.15) is 34.6 Å². The third-order valence-corrected chi connectivity index (χ3v) is 6.08. The quantitative estimate of drug-likeness (QED) is 0.357. The molecule has 0 bridgehead atoms. The van der Waals surface area contributed by atoms with Crippen LogP contribution in [0.3, 0.4) is 0 Å². The molecule has 1 rings (SSSR count). The Morgan fingerprint density at radius 3 is 2.19 bits per heavy atom. The van der Waals surface area contributed by atoms with Gasteiger partial charge in [0.1, 0.15) is 28.1 Å². The first-order valence-electron chi connectivity index (χ1n) is 7.60. The van der Waals surface area contributed by atoms with E-state index >= 15 is 0 Å². The normalized spacial score (nSPS) is 14.4. The predicted octanol–water partition coefficient (Wildman–Crippen LogP) is 2.89. The Kier molecular flexibility index (Phi) is 5.98. The van der Waals surface area contributed by atoms with E-state index in [4.69, 9.17) is 5.73 Å². The Hall–Kier alpha value is -2.29. The third kappa shape index (κ3) is 4.46. The maximum absolute atomic E-state index is 13.9. The van der Waals surface area contributed by atoms with Crippen molar-refractivity contribution in [2.24, 2.45) is 16.1 Å². The largest absolute Gasteiger partial charge is 0.512 e. The van der Waals surface area contributed by atoms with Gasteiger partial charge in [0.05, 0.1) is 0 Å². The molecule has 0 radical (unpaired) electrons. The van der Waals surface area contributed by atoms with Gasteiger partial charge in [0, 0.05) is 17.6 Å². The lowest BCUT2D eigenvalue weighted by atomic mass is 9.93. The van der Waals surface area contributed by atoms with Gasteiger partial charge in [0.15, 0.2) is 14.6 Å². The fourth-order valence-corrected chi connectivity index (χ4v) is 3.11. The predicted molar refractivity (Wildman–Crippen MR) is 94.4 cm³/mol. The van der Waals surface area contributed by atoms with Crippen LogP contribution in [0.5, 0.6) is 0 Å². The van der Waals surface area contributed by atoms with Gasteiger partial charge in [-0.05, 0) is 26.0 Å². The van der Waals surface area contributed by atoms with Gasteiger partial charge < -0.3 is 10.8 Å². The van der Waals surface area contributed by atoms with Crippen molar-refractivity contribution < 1.29 is 27.1 Å². The van der Waals surface area contributed by atoms with Gasteiger partial charge in [-0.1, -0.05) is 20.8 Å². The summed E-state index contributed by atoms with van der Waals surface area (Å²) in [5, 5.41) is 9.86. The molecule has 0 unspecified atom stereocenters. The van der Waals surface area contributed by atoms with E-state index in [9.17, 15) is 27.1 Å². The molecule has 0 heterocycles. The minimum atomic E-state index is -4.52. The first-order valence-corrected chi connectivity index (χ1v) is 9.08. The highest BCUT2D eigenvalue weighted by molar-refractivity contribution is 7.93. The lowest BCUT2D eigenvalue weighted by molar-refractivity contribution is -0.119. The lowest BCUT2D eigenvalue weighted by Crippen LogP contribution is -2.41. The highest BCUT2D eigenvalue weighted by Crippen LogP contribution is 2.29. The number of allylic oxidation sites excluding steroid dienone is 1. The minimum absolute atomic E-state index is 0.156. The molecule has 26 heavy (non-hydrogen) atoms. The molecule has 144 valence electrons. The number of aliphatic hydroxyl groups is 1. The van der Waals surface area contributed by atoms with Gasteiger partial charge in [-0.2, -0.15) is 4.99 Å². The third-order valence-electron chi connectivity index (χ3n) is 3.65. The second-order valence-corrected chi connectivity index (χ2v) is 9.68. The van der Waals surface area contributed by atoms with E-state index in [1.165, 1.54) is 0 Å². The highest BCUT2D eigenvalue weighted by Gasteiger charge is 2.44. The molecular formula is C17H22F2N2O4S. The molecule has 0 atom stereocenters. The summed E-state index contributed by atoms with van der Waals surface area (Å²) < 4.78 is 50.0. The molecule has 0 aromatic heterocycles. The molecule has 9 heteroatoms. The number of benzene rings is 1. The van der Waals surface area contributed by atoms with Gasteiger partial charge in [0.25, 0.3) is 5.91 Å². The molecular weight excluding hydrogens is 366 g/mol. The van der Waals surface area contributed by atoms with Crippen LogP contribution in [0.15, 0.2) is 39.9 Å². The first kappa shape index (κ1) is 21.8. The van der Waals surface area contributed by atoms with Gasteiger partial charge in [-0.3, -0.25) is 4.79 Å². The van der Waals surface area contributed by atoms with Crippen molar-refractivity contribution >= 4 is 21.6 Å². The van der Waals surface area contributed by atoms with E-state index in [1.54, 1.807) is 20.8 Å². The number of carbonyl (C=O) groups excluding carboxylic acids is 1. The van der Waals surface area contributed by atoms with E-state index in [-0.39, 0.29) is 5.76 Å². The number of sulfone groups is 1. The second-order valence-electron chi connectivity index (χ2n) is 7.21. The van der Waals surface area contributed by atoms with Crippen molar-refractivity contribution in [3.63, 3.8) is 0 Å². The van der Waals surface area contributed by atoms with Gasteiger partial charge >= 0.3 is 0 Å². The Morgan fingerprint density at radius 2 is 1.73 bits per heavy atom. The summed E-state index contributed by atoms with van der Waals surface area (Å²) in [6, 6.07) is 1.93. The van der Waals surface area contributed by atoms with Crippen molar-refractivity contribution in [3.8, 4) is 0 Å². The smallest absolute Gasteiger partial charge is 0.268 e. The van der Waals surface area contributed by atoms with E-state index in [1.807, 2.05) is 0 Å². The van der Waals surface area contributed by atoms with E-state index < -0.39 is 48.3 Å². The summed E-state index contributed by atoms with van der Waals surface area (Å²) in [5.41, 5.74) is 4.92. The summed E-state index contributed by atoms with van der Waals surface area (Å²) in [6.07, 6.45) is 1.04. The number of nitrogens with two attached hydrogens (primary N) is 1. The standard InChI is InChI=1S/C17H22F2N2O4S/c1-16(2,3)13(22)9-14(20)21-15(23)17(4,5)26(24,25)12-7-6-10(18)8-11(12)19/h6-9,22H,1-5H3,(H2,20,21,23)/b13-9-. The maximum Gasteiger partial charge on any atom is 0.268 e. The zero-order chi connectivity index (χ0) is 20.5. The number of carbonyl (C=O) groups is 1. The second kappa shape index (κ2) is 7.14. The van der Waals surface area contributed by atoms with Crippen LogP contribution >= 0.6 is 0 Å². The highest BCUT2D eigenvalue weighted by atomic mass is 32.2. The maximum atomic E-state index is 13.9. The summed E-state index contributed by atoms with van der Waals surface area (Å²) in [4.78, 5) is 15.0. The van der Waals surface area contributed by atoms with E-state index in [0.29, 0.717) is 6.07 Å². The van der Waals surface area contributed by atoms with Crippen molar-refractivity contribution in [1.29, 1.82) is 0 Å². The minimum Gasteiger partial charge on any atom is -0.512 e. The van der Waals surface area contributed by atoms with Gasteiger partial charge in [-0.25, -0.2) is 17.2 Å². The van der Waals surface area contributed by atoms with Crippen LogP contribution in [-0.2, 0) is 14.6 Å². The van der Waals surface area contributed by atoms with Crippen LogP contribution in [0, 0.1) is 17.0 Å². The number of nitrogens with zero attached hydrogens (tertiary/aromatic N) is 1. The van der Waals surface area contributed by atoms with Gasteiger partial charge in [-0.15, -0.1) is 0 Å². The number of amides is 1. The zero-order valence-electron chi connectivity index (χ0n) is 15.2. The number of amidine groups is 1. The van der Waals surface area contributed by atoms with Crippen LogP contribution in [0.4, 0.5) is 8.78 Å². The molecule has 0 saturated carbocycles. The molecule has 0 fully saturated rings. The van der Waals surface area contributed by atoms with E-state index in [0.717, 1.165) is 32.1 Å². The Morgan fingerprint density at radius 1 is 1.19 bits per heavy atom. The van der Waals surface area contributed by atoms with Gasteiger partial charge in [0.2, 0.25) is 0 Å². The van der Waals surface area contributed by atoms with Crippen LogP contribution in [0.25, 0.3) is 0 Å². The van der Waals surface area contributed by atoms with Crippen molar-refractivity contribution in [1.82, 2.24) is 0 Å². The number of halogens is 2. The number of hydrogen-bond donors (Lipinski definition) is 2. The average Bonchev–Trinajstić information content (AvgIpc) is 2.45. The topological polar surface area (TPSA) is 110 Å². The van der Waals surface area contributed by atoms with Crippen LogP contribution in [-0.4, -0.2) is 30.0 Å². The Bertz CT molecular complexity index is 883. The van der Waals surface area contributed by atoms with Crippen LogP contribution in [0.2, 0.25) is 0 Å². The molecule has 0 spiro atoms. The number of rotatable bonds is 4. The monoisotopic (exact) mass is 388 g/mol. The Labute approximate surface area is 151 Å². The van der Waals surface area contributed by atoms with E-state index in [2.05, 4.69) is 4.99 Å². The molecule has 1 aromatic carbocycles. The fourth-order valence-electron chi connectivity index (χ4n) is 1.72. The molecule has 1 aromatic rings. The SMILES string of the molecule is CC(C)(C)/C(O)=C/C(N)=NC(=O)C(C)(C)S(=O)(=O)c1ccc(F)cc1F. The molecule has 3 N–H and O–H groups in total. The number of hydrogen-bond acceptors (Lipinski definition) is 4. The van der Waals surface area contributed by atoms with Crippen molar-refractivity contribution in [2.75, 3.05) is 0 Å². The lowest BCUT2D eigenvalue weighted by Gasteiger charge is -2.21. The summed E-state index contributed by atoms with van der Waals surface area (Å²) >= 11 is 0. The summed E-state index contributed by atoms with van der Waals surface area (Å²) in [6.45, 7) is 7.16. The molecule has 1 amide bonds.